The highest BCUT2D eigenvalue weighted by molar-refractivity contribution is 14.1. The minimum Gasteiger partial charge on any atom is -0.493 e. The normalized spacial score (nSPS) is 18.9. The summed E-state index contributed by atoms with van der Waals surface area (Å²) in [5.41, 5.74) is 0.814. The number of carbonyl (C=O) groups excluding carboxylic acids is 3. The van der Waals surface area contributed by atoms with E-state index in [0.717, 1.165) is 44.4 Å². The Bertz CT molecular complexity index is 774. The molecular formula is C18H19IN2O4S. The van der Waals surface area contributed by atoms with Crippen LogP contribution in [0.15, 0.2) is 23.1 Å². The van der Waals surface area contributed by atoms with Gasteiger partial charge in [-0.15, -0.1) is 0 Å². The summed E-state index contributed by atoms with van der Waals surface area (Å²) in [5, 5.41) is -0.394. The van der Waals surface area contributed by atoms with Crippen molar-refractivity contribution in [3.63, 3.8) is 0 Å². The molecule has 1 aromatic carbocycles. The number of amides is 3. The van der Waals surface area contributed by atoms with Crippen molar-refractivity contribution in [3.8, 4) is 5.75 Å². The quantitative estimate of drug-likeness (QED) is 0.472. The van der Waals surface area contributed by atoms with Crippen LogP contribution in [-0.4, -0.2) is 53.1 Å². The van der Waals surface area contributed by atoms with Crippen molar-refractivity contribution < 1.29 is 19.1 Å². The van der Waals surface area contributed by atoms with Gasteiger partial charge in [-0.05, 0) is 77.9 Å². The summed E-state index contributed by atoms with van der Waals surface area (Å²) < 4.78 is 6.44. The molecule has 2 aliphatic heterocycles. The van der Waals surface area contributed by atoms with E-state index >= 15 is 0 Å². The number of hydrogen-bond acceptors (Lipinski definition) is 5. The molecule has 1 aromatic rings. The van der Waals surface area contributed by atoms with Gasteiger partial charge in [0.15, 0.2) is 0 Å². The van der Waals surface area contributed by atoms with Crippen LogP contribution in [0.5, 0.6) is 5.75 Å². The van der Waals surface area contributed by atoms with E-state index in [4.69, 9.17) is 4.74 Å². The van der Waals surface area contributed by atoms with Gasteiger partial charge in [-0.1, -0.05) is 6.07 Å². The van der Waals surface area contributed by atoms with Crippen LogP contribution in [0, 0.1) is 3.57 Å². The number of likely N-dealkylation sites (tertiary alicyclic amines) is 1. The summed E-state index contributed by atoms with van der Waals surface area (Å²) >= 11 is 3.05. The molecule has 0 spiro atoms. The Morgan fingerprint density at radius 1 is 1.31 bits per heavy atom. The third-order valence-corrected chi connectivity index (χ3v) is 5.93. The van der Waals surface area contributed by atoms with Gasteiger partial charge < -0.3 is 9.64 Å². The molecule has 26 heavy (non-hydrogen) atoms. The molecule has 0 atom stereocenters. The highest BCUT2D eigenvalue weighted by Gasteiger charge is 2.37. The molecule has 3 amide bonds. The van der Waals surface area contributed by atoms with Gasteiger partial charge in [-0.2, -0.15) is 0 Å². The molecule has 2 aliphatic rings. The number of nitrogens with zero attached hydrogens (tertiary/aromatic N) is 2. The van der Waals surface area contributed by atoms with Crippen LogP contribution in [0.2, 0.25) is 0 Å². The van der Waals surface area contributed by atoms with E-state index in [9.17, 15) is 14.4 Å². The first-order chi connectivity index (χ1) is 12.5. The second-order valence-electron chi connectivity index (χ2n) is 5.98. The number of halogens is 1. The standard InChI is InChI=1S/C18H19IN2O4S/c1-2-25-14-6-5-12(9-13(14)19)10-15-17(23)21(18(24)26-15)11-16(22)20-7-3-4-8-20/h5-6,9-10H,2-4,7-8,11H2,1H3/b15-10+. The van der Waals surface area contributed by atoms with Gasteiger partial charge >= 0.3 is 0 Å². The van der Waals surface area contributed by atoms with Crippen LogP contribution in [-0.2, 0) is 9.59 Å². The second kappa shape index (κ2) is 8.43. The van der Waals surface area contributed by atoms with Crippen molar-refractivity contribution in [1.29, 1.82) is 0 Å². The van der Waals surface area contributed by atoms with Crippen LogP contribution < -0.4 is 4.74 Å². The predicted octanol–water partition coefficient (Wildman–Crippen LogP) is 3.35. The van der Waals surface area contributed by atoms with Crippen LogP contribution >= 0.6 is 34.4 Å². The lowest BCUT2D eigenvalue weighted by Gasteiger charge is -2.18. The minimum absolute atomic E-state index is 0.165. The summed E-state index contributed by atoms with van der Waals surface area (Å²) in [6.07, 6.45) is 3.64. The monoisotopic (exact) mass is 486 g/mol. The maximum atomic E-state index is 12.5. The lowest BCUT2D eigenvalue weighted by molar-refractivity contribution is -0.135. The van der Waals surface area contributed by atoms with Crippen LogP contribution in [0.25, 0.3) is 6.08 Å². The SMILES string of the molecule is CCOc1ccc(/C=C2/SC(=O)N(CC(=O)N3CCCC3)C2=O)cc1I. The number of ether oxygens (including phenoxy) is 1. The molecule has 0 radical (unpaired) electrons. The highest BCUT2D eigenvalue weighted by Crippen LogP contribution is 2.33. The predicted molar refractivity (Wildman–Crippen MR) is 109 cm³/mol. The molecule has 0 unspecified atom stereocenters. The molecule has 2 heterocycles. The van der Waals surface area contributed by atoms with Crippen LogP contribution in [0.3, 0.4) is 0 Å². The smallest absolute Gasteiger partial charge is 0.294 e. The molecule has 0 N–H and O–H groups in total. The molecule has 0 aliphatic carbocycles. The molecule has 0 bridgehead atoms. The number of hydrogen-bond donors (Lipinski definition) is 0. The Morgan fingerprint density at radius 2 is 2.04 bits per heavy atom. The average molecular weight is 486 g/mol. The maximum absolute atomic E-state index is 12.5. The van der Waals surface area contributed by atoms with Gasteiger partial charge in [0.05, 0.1) is 15.1 Å². The topological polar surface area (TPSA) is 66.9 Å². The number of benzene rings is 1. The van der Waals surface area contributed by atoms with Crippen molar-refractivity contribution in [3.05, 3.63) is 32.2 Å². The summed E-state index contributed by atoms with van der Waals surface area (Å²) in [6.45, 7) is 3.73. The first-order valence-electron chi connectivity index (χ1n) is 8.45. The molecule has 138 valence electrons. The summed E-state index contributed by atoms with van der Waals surface area (Å²) in [4.78, 5) is 40.0. The van der Waals surface area contributed by atoms with Crippen molar-refractivity contribution >= 4 is 57.5 Å². The lowest BCUT2D eigenvalue weighted by Crippen LogP contribution is -2.40. The fourth-order valence-electron chi connectivity index (χ4n) is 2.87. The van der Waals surface area contributed by atoms with Crippen molar-refractivity contribution in [2.75, 3.05) is 26.2 Å². The number of thioether (sulfide) groups is 1. The van der Waals surface area contributed by atoms with Gasteiger partial charge in [0.25, 0.3) is 11.1 Å². The molecule has 0 aromatic heterocycles. The van der Waals surface area contributed by atoms with Crippen molar-refractivity contribution in [2.24, 2.45) is 0 Å². The molecular weight excluding hydrogens is 467 g/mol. The van der Waals surface area contributed by atoms with E-state index < -0.39 is 11.1 Å². The first-order valence-corrected chi connectivity index (χ1v) is 10.3. The van der Waals surface area contributed by atoms with Gasteiger partial charge in [0.1, 0.15) is 12.3 Å². The Labute approximate surface area is 170 Å². The van der Waals surface area contributed by atoms with Crippen molar-refractivity contribution in [1.82, 2.24) is 9.80 Å². The van der Waals surface area contributed by atoms with E-state index in [0.29, 0.717) is 24.6 Å². The van der Waals surface area contributed by atoms with Gasteiger partial charge in [0.2, 0.25) is 5.91 Å². The van der Waals surface area contributed by atoms with E-state index in [1.54, 1.807) is 11.0 Å². The zero-order valence-electron chi connectivity index (χ0n) is 14.4. The number of rotatable bonds is 5. The molecule has 6 nitrogen and oxygen atoms in total. The maximum Gasteiger partial charge on any atom is 0.294 e. The molecule has 2 fully saturated rings. The zero-order chi connectivity index (χ0) is 18.7. The third-order valence-electron chi connectivity index (χ3n) is 4.18. The number of carbonyl (C=O) groups is 3. The van der Waals surface area contributed by atoms with E-state index in [1.165, 1.54) is 0 Å². The molecule has 0 saturated carbocycles. The first kappa shape index (κ1) is 19.2. The Kier molecular flexibility index (Phi) is 6.23. The number of imide groups is 1. The molecule has 8 heteroatoms. The van der Waals surface area contributed by atoms with E-state index in [2.05, 4.69) is 22.6 Å². The van der Waals surface area contributed by atoms with E-state index in [-0.39, 0.29) is 12.5 Å². The fourth-order valence-corrected chi connectivity index (χ4v) is 4.40. The Hall–Kier alpha value is -1.55. The second-order valence-corrected chi connectivity index (χ2v) is 8.13. The van der Waals surface area contributed by atoms with Gasteiger partial charge in [0, 0.05) is 13.1 Å². The highest BCUT2D eigenvalue weighted by atomic mass is 127. The zero-order valence-corrected chi connectivity index (χ0v) is 17.3. The van der Waals surface area contributed by atoms with Gasteiger partial charge in [-0.25, -0.2) is 0 Å². The Balaban J connectivity index is 1.72. The lowest BCUT2D eigenvalue weighted by atomic mass is 10.2. The molecule has 2 saturated heterocycles. The minimum atomic E-state index is -0.406. The average Bonchev–Trinajstić information content (AvgIpc) is 3.22. The summed E-state index contributed by atoms with van der Waals surface area (Å²) in [7, 11) is 0. The summed E-state index contributed by atoms with van der Waals surface area (Å²) in [6, 6.07) is 5.59. The summed E-state index contributed by atoms with van der Waals surface area (Å²) in [5.74, 6) is 0.215. The van der Waals surface area contributed by atoms with E-state index in [1.807, 2.05) is 25.1 Å². The fraction of sp³-hybridized carbons (Fsp3) is 0.389. The van der Waals surface area contributed by atoms with Crippen LogP contribution in [0.1, 0.15) is 25.3 Å². The Morgan fingerprint density at radius 3 is 2.69 bits per heavy atom. The van der Waals surface area contributed by atoms with Crippen molar-refractivity contribution in [2.45, 2.75) is 19.8 Å². The van der Waals surface area contributed by atoms with Crippen LogP contribution in [0.4, 0.5) is 4.79 Å². The largest absolute Gasteiger partial charge is 0.493 e. The van der Waals surface area contributed by atoms with Gasteiger partial charge in [-0.3, -0.25) is 19.3 Å². The molecule has 3 rings (SSSR count). The third kappa shape index (κ3) is 4.22.